The first-order valence-electron chi connectivity index (χ1n) is 11.6. The molecule has 0 amide bonds. The zero-order valence-electron chi connectivity index (χ0n) is 19.8. The lowest BCUT2D eigenvalue weighted by Crippen LogP contribution is -2.18. The Hall–Kier alpha value is -4.66. The molecule has 0 radical (unpaired) electrons. The number of methoxy groups -OCH3 is 1. The third-order valence-corrected chi connectivity index (χ3v) is 5.79. The largest absolute Gasteiger partial charge is 0.494 e. The van der Waals surface area contributed by atoms with E-state index in [1.54, 1.807) is 28.9 Å². The van der Waals surface area contributed by atoms with Gasteiger partial charge in [0.1, 0.15) is 11.4 Å². The molecule has 2 aromatic carbocycles. The quantitative estimate of drug-likeness (QED) is 0.326. The first-order chi connectivity index (χ1) is 17.7. The second-order valence-corrected chi connectivity index (χ2v) is 8.40. The molecule has 2 N–H and O–H groups in total. The number of ether oxygens (including phenoxy) is 2. The van der Waals surface area contributed by atoms with Crippen LogP contribution in [0.3, 0.4) is 0 Å². The Morgan fingerprint density at radius 2 is 2.00 bits per heavy atom. The second-order valence-electron chi connectivity index (χ2n) is 8.40. The lowest BCUT2D eigenvalue weighted by atomic mass is 10.2. The summed E-state index contributed by atoms with van der Waals surface area (Å²) in [5.41, 5.74) is 2.53. The maximum atomic E-state index is 12.7. The van der Waals surface area contributed by atoms with Crippen LogP contribution in [0.15, 0.2) is 83.9 Å². The highest BCUT2D eigenvalue weighted by Crippen LogP contribution is 2.31. The predicted octanol–water partition coefficient (Wildman–Crippen LogP) is 4.32. The van der Waals surface area contributed by atoms with E-state index in [1.165, 1.54) is 25.0 Å². The van der Waals surface area contributed by atoms with Crippen LogP contribution in [0.5, 0.6) is 11.6 Å². The second kappa shape index (κ2) is 10.3. The lowest BCUT2D eigenvalue weighted by molar-refractivity contribution is 0.280. The molecule has 2 heterocycles. The minimum atomic E-state index is -0.271. The summed E-state index contributed by atoms with van der Waals surface area (Å²) in [6.07, 6.45) is 8.33. The topological polar surface area (TPSA) is 107 Å². The Balaban J connectivity index is 1.48. The van der Waals surface area contributed by atoms with Gasteiger partial charge in [0.15, 0.2) is 5.69 Å². The highest BCUT2D eigenvalue weighted by atomic mass is 16.5. The van der Waals surface area contributed by atoms with Gasteiger partial charge in [0, 0.05) is 36.3 Å². The zero-order chi connectivity index (χ0) is 24.9. The van der Waals surface area contributed by atoms with Crippen molar-refractivity contribution in [1.29, 1.82) is 5.41 Å². The standard InChI is InChI=1S/C27H26N6O3/c1-35-25-17-21(33-26(12-15-29-33)36-18-19-7-8-19)9-10-23(25)32-16-13-24(34)27(31-32)22(11-14-28)30-20-5-3-2-4-6-20/h2-6,9-17,19,28,30H,7-8,18H2,1H3/b22-11-,28-14?. The smallest absolute Gasteiger partial charge is 0.216 e. The SMILES string of the molecule is COc1cc(-n2nccc2OCC2CC2)ccc1-n1ccc(=O)c(/C(=C/C=N)Nc2ccccc2)n1. The van der Waals surface area contributed by atoms with Gasteiger partial charge >= 0.3 is 0 Å². The van der Waals surface area contributed by atoms with E-state index in [9.17, 15) is 4.79 Å². The van der Waals surface area contributed by atoms with Gasteiger partial charge in [-0.05, 0) is 49.1 Å². The van der Waals surface area contributed by atoms with Gasteiger partial charge in [-0.3, -0.25) is 4.79 Å². The zero-order valence-corrected chi connectivity index (χ0v) is 19.8. The van der Waals surface area contributed by atoms with Crippen LogP contribution in [0, 0.1) is 11.3 Å². The van der Waals surface area contributed by atoms with Crippen LogP contribution in [0.4, 0.5) is 5.69 Å². The molecule has 4 aromatic rings. The first-order valence-corrected chi connectivity index (χ1v) is 11.6. The maximum absolute atomic E-state index is 12.7. The normalized spacial score (nSPS) is 13.3. The first kappa shape index (κ1) is 23.1. The van der Waals surface area contributed by atoms with Crippen LogP contribution in [0.1, 0.15) is 18.5 Å². The molecule has 0 unspecified atom stereocenters. The molecule has 0 atom stereocenters. The summed E-state index contributed by atoms with van der Waals surface area (Å²) in [6.45, 7) is 0.688. The fraction of sp³-hybridized carbons (Fsp3) is 0.185. The molecule has 182 valence electrons. The Labute approximate surface area is 208 Å². The molecule has 36 heavy (non-hydrogen) atoms. The Kier molecular flexibility index (Phi) is 6.61. The van der Waals surface area contributed by atoms with Crippen molar-refractivity contribution in [2.75, 3.05) is 19.0 Å². The number of benzene rings is 2. The van der Waals surface area contributed by atoms with E-state index in [-0.39, 0.29) is 11.1 Å². The van der Waals surface area contributed by atoms with Crippen molar-refractivity contribution in [2.45, 2.75) is 12.8 Å². The average molecular weight is 483 g/mol. The number of hydrogen-bond donors (Lipinski definition) is 2. The molecule has 1 fully saturated rings. The monoisotopic (exact) mass is 482 g/mol. The number of nitrogens with zero attached hydrogens (tertiary/aromatic N) is 4. The average Bonchev–Trinajstić information content (AvgIpc) is 3.63. The molecular weight excluding hydrogens is 456 g/mol. The van der Waals surface area contributed by atoms with Crippen molar-refractivity contribution in [1.82, 2.24) is 19.6 Å². The molecular formula is C27H26N6O3. The summed E-state index contributed by atoms with van der Waals surface area (Å²) >= 11 is 0. The number of anilines is 1. The van der Waals surface area contributed by atoms with Crippen molar-refractivity contribution in [2.24, 2.45) is 5.92 Å². The predicted molar refractivity (Wildman–Crippen MR) is 139 cm³/mol. The number of nitrogens with one attached hydrogen (secondary N) is 2. The van der Waals surface area contributed by atoms with Gasteiger partial charge in [-0.15, -0.1) is 0 Å². The van der Waals surface area contributed by atoms with Gasteiger partial charge in [-0.2, -0.15) is 10.2 Å². The van der Waals surface area contributed by atoms with Gasteiger partial charge in [0.05, 0.1) is 31.3 Å². The van der Waals surface area contributed by atoms with E-state index in [4.69, 9.17) is 14.9 Å². The minimum absolute atomic E-state index is 0.179. The fourth-order valence-electron chi connectivity index (χ4n) is 3.74. The van der Waals surface area contributed by atoms with Crippen LogP contribution >= 0.6 is 0 Å². The number of rotatable bonds is 10. The van der Waals surface area contributed by atoms with Crippen molar-refractivity contribution >= 4 is 17.6 Å². The summed E-state index contributed by atoms with van der Waals surface area (Å²) in [5.74, 6) is 1.86. The van der Waals surface area contributed by atoms with Crippen molar-refractivity contribution < 1.29 is 9.47 Å². The van der Waals surface area contributed by atoms with Gasteiger partial charge in [0.25, 0.3) is 0 Å². The number of allylic oxidation sites excluding steroid dienone is 1. The van der Waals surface area contributed by atoms with Gasteiger partial charge < -0.3 is 20.2 Å². The molecule has 0 saturated heterocycles. The molecule has 2 aromatic heterocycles. The van der Waals surface area contributed by atoms with E-state index >= 15 is 0 Å². The summed E-state index contributed by atoms with van der Waals surface area (Å²) < 4.78 is 14.9. The molecule has 0 bridgehead atoms. The summed E-state index contributed by atoms with van der Waals surface area (Å²) in [4.78, 5) is 12.7. The van der Waals surface area contributed by atoms with Gasteiger partial charge in [-0.25, -0.2) is 9.36 Å². The summed E-state index contributed by atoms with van der Waals surface area (Å²) in [5, 5.41) is 19.7. The van der Waals surface area contributed by atoms with Crippen LogP contribution in [0.2, 0.25) is 0 Å². The van der Waals surface area contributed by atoms with E-state index in [0.717, 1.165) is 17.6 Å². The Morgan fingerprint density at radius 3 is 2.75 bits per heavy atom. The van der Waals surface area contributed by atoms with Crippen molar-refractivity contribution in [3.63, 3.8) is 0 Å². The molecule has 0 spiro atoms. The van der Waals surface area contributed by atoms with Gasteiger partial charge in [0.2, 0.25) is 11.3 Å². The summed E-state index contributed by atoms with van der Waals surface area (Å²) in [7, 11) is 1.58. The maximum Gasteiger partial charge on any atom is 0.216 e. The Bertz CT molecular complexity index is 1450. The molecule has 5 rings (SSSR count). The molecule has 0 aliphatic heterocycles. The molecule has 9 heteroatoms. The summed E-state index contributed by atoms with van der Waals surface area (Å²) in [6, 6.07) is 18.3. The third-order valence-electron chi connectivity index (χ3n) is 5.79. The van der Waals surface area contributed by atoms with Crippen LogP contribution in [-0.2, 0) is 0 Å². The van der Waals surface area contributed by atoms with Crippen LogP contribution < -0.4 is 20.2 Å². The van der Waals surface area contributed by atoms with Gasteiger partial charge in [-0.1, -0.05) is 18.2 Å². The van der Waals surface area contributed by atoms with Crippen LogP contribution in [-0.4, -0.2) is 39.5 Å². The van der Waals surface area contributed by atoms with Crippen LogP contribution in [0.25, 0.3) is 17.1 Å². The number of para-hydroxylation sites is 1. The molecule has 1 aliphatic rings. The highest BCUT2D eigenvalue weighted by Gasteiger charge is 2.23. The molecule has 1 saturated carbocycles. The van der Waals surface area contributed by atoms with Crippen molar-refractivity contribution in [3.8, 4) is 23.0 Å². The number of aromatic nitrogens is 4. The molecule has 9 nitrogen and oxygen atoms in total. The third kappa shape index (κ3) is 5.05. The molecule has 1 aliphatic carbocycles. The highest BCUT2D eigenvalue weighted by molar-refractivity contribution is 5.86. The number of hydrogen-bond acceptors (Lipinski definition) is 7. The lowest BCUT2D eigenvalue weighted by Gasteiger charge is -2.15. The van der Waals surface area contributed by atoms with E-state index in [0.29, 0.717) is 35.5 Å². The van der Waals surface area contributed by atoms with E-state index in [2.05, 4.69) is 15.5 Å². The minimum Gasteiger partial charge on any atom is -0.494 e. The van der Waals surface area contributed by atoms with E-state index in [1.807, 2.05) is 54.6 Å². The Morgan fingerprint density at radius 1 is 1.17 bits per heavy atom. The fourth-order valence-corrected chi connectivity index (χ4v) is 3.74. The van der Waals surface area contributed by atoms with Crippen molar-refractivity contribution in [3.05, 3.63) is 95.1 Å². The van der Waals surface area contributed by atoms with E-state index < -0.39 is 0 Å².